The highest BCUT2D eigenvalue weighted by Gasteiger charge is 2.04. The van der Waals surface area contributed by atoms with Crippen LogP contribution < -0.4 is 21.4 Å². The van der Waals surface area contributed by atoms with Crippen LogP contribution in [0.15, 0.2) is 59.4 Å². The van der Waals surface area contributed by atoms with Crippen LogP contribution in [-0.4, -0.2) is 9.78 Å². The highest BCUT2D eigenvalue weighted by Crippen LogP contribution is 2.10. The molecule has 22 heavy (non-hydrogen) atoms. The van der Waals surface area contributed by atoms with Gasteiger partial charge in [-0.05, 0) is 36.4 Å². The summed E-state index contributed by atoms with van der Waals surface area (Å²) >= 11 is 5.87. The Morgan fingerprint density at radius 1 is 1.09 bits per heavy atom. The van der Waals surface area contributed by atoms with Crippen molar-refractivity contribution in [3.63, 3.8) is 0 Å². The quantitative estimate of drug-likeness (QED) is 0.778. The van der Waals surface area contributed by atoms with Gasteiger partial charge in [-0.1, -0.05) is 36.4 Å². The van der Waals surface area contributed by atoms with Gasteiger partial charge in [0.05, 0.1) is 16.3 Å². The molecule has 0 aliphatic carbocycles. The summed E-state index contributed by atoms with van der Waals surface area (Å²) in [6, 6.07) is 16.6. The van der Waals surface area contributed by atoms with Crippen molar-refractivity contribution in [2.24, 2.45) is 0 Å². The number of hydrogen-bond donors (Lipinski definition) is 2. The van der Waals surface area contributed by atoms with Crippen molar-refractivity contribution in [1.29, 1.82) is 0 Å². The van der Waals surface area contributed by atoms with Crippen LogP contribution in [0, 0.1) is 0 Å². The van der Waals surface area contributed by atoms with Crippen molar-refractivity contribution >= 4 is 30.1 Å². The summed E-state index contributed by atoms with van der Waals surface area (Å²) in [6.45, 7) is 3.88. The van der Waals surface area contributed by atoms with Gasteiger partial charge in [-0.15, -0.1) is 0 Å². The minimum absolute atomic E-state index is 0.171. The predicted octanol–water partition coefficient (Wildman–Crippen LogP) is 2.08. The van der Waals surface area contributed by atoms with Gasteiger partial charge in [0.25, 0.3) is 5.56 Å². The molecule has 0 bridgehead atoms. The van der Waals surface area contributed by atoms with Crippen LogP contribution in [0.2, 0.25) is 5.02 Å². The standard InChI is InChI=1S/C17H14ClN3O/c1-12-16(11-19-14-5-3-2-4-6-14)17(22)21(20-12)15-9-7-13(18)8-10-15/h2-11,19-20H,1H2/b16-11-. The molecule has 0 spiro atoms. The average molecular weight is 312 g/mol. The molecule has 0 unspecified atom stereocenters. The predicted molar refractivity (Wildman–Crippen MR) is 90.7 cm³/mol. The third-order valence-corrected chi connectivity index (χ3v) is 3.50. The Morgan fingerprint density at radius 2 is 1.77 bits per heavy atom. The zero-order valence-electron chi connectivity index (χ0n) is 11.7. The van der Waals surface area contributed by atoms with E-state index in [0.717, 1.165) is 5.69 Å². The number of aromatic amines is 1. The Bertz CT molecular complexity index is 940. The molecule has 1 aromatic heterocycles. The van der Waals surface area contributed by atoms with Gasteiger partial charge in [-0.3, -0.25) is 9.89 Å². The lowest BCUT2D eigenvalue weighted by Gasteiger charge is -2.00. The number of nitrogens with zero attached hydrogens (tertiary/aromatic N) is 1. The maximum Gasteiger partial charge on any atom is 0.280 e. The summed E-state index contributed by atoms with van der Waals surface area (Å²) < 4.78 is 1.44. The maximum atomic E-state index is 12.5. The fourth-order valence-corrected chi connectivity index (χ4v) is 2.23. The molecule has 4 nitrogen and oxygen atoms in total. The molecule has 5 heteroatoms. The average Bonchev–Trinajstić information content (AvgIpc) is 2.82. The first kappa shape index (κ1) is 14.2. The van der Waals surface area contributed by atoms with Crippen molar-refractivity contribution in [2.75, 3.05) is 5.32 Å². The van der Waals surface area contributed by atoms with E-state index in [0.29, 0.717) is 21.3 Å². The zero-order chi connectivity index (χ0) is 15.5. The summed E-state index contributed by atoms with van der Waals surface area (Å²) in [6.07, 6.45) is 1.66. The lowest BCUT2D eigenvalue weighted by Crippen LogP contribution is -2.34. The Hall–Kier alpha value is -2.72. The molecule has 0 saturated carbocycles. The van der Waals surface area contributed by atoms with E-state index >= 15 is 0 Å². The Kier molecular flexibility index (Phi) is 3.85. The number of hydrogen-bond acceptors (Lipinski definition) is 2. The highest BCUT2D eigenvalue weighted by molar-refractivity contribution is 6.30. The summed E-state index contributed by atoms with van der Waals surface area (Å²) in [5, 5.41) is 7.71. The van der Waals surface area contributed by atoms with E-state index in [2.05, 4.69) is 17.0 Å². The highest BCUT2D eigenvalue weighted by atomic mass is 35.5. The molecule has 0 atom stereocenters. The summed E-state index contributed by atoms with van der Waals surface area (Å²) in [4.78, 5) is 12.5. The molecular formula is C17H14ClN3O. The molecule has 110 valence electrons. The van der Waals surface area contributed by atoms with E-state index in [4.69, 9.17) is 11.6 Å². The number of rotatable bonds is 3. The third-order valence-electron chi connectivity index (χ3n) is 3.25. The first-order valence-electron chi connectivity index (χ1n) is 6.73. The second-order valence-electron chi connectivity index (χ2n) is 4.78. The largest absolute Gasteiger partial charge is 0.361 e. The van der Waals surface area contributed by atoms with E-state index in [9.17, 15) is 4.79 Å². The molecule has 0 radical (unpaired) electrons. The molecule has 1 heterocycles. The molecule has 0 aliphatic heterocycles. The topological polar surface area (TPSA) is 49.8 Å². The van der Waals surface area contributed by atoms with Gasteiger partial charge in [0.2, 0.25) is 0 Å². The van der Waals surface area contributed by atoms with Crippen molar-refractivity contribution < 1.29 is 0 Å². The first-order valence-corrected chi connectivity index (χ1v) is 7.10. The molecule has 0 saturated heterocycles. The lowest BCUT2D eigenvalue weighted by molar-refractivity contribution is 0.838. The van der Waals surface area contributed by atoms with Crippen LogP contribution in [0.1, 0.15) is 0 Å². The second-order valence-corrected chi connectivity index (χ2v) is 5.21. The second kappa shape index (κ2) is 5.95. The monoisotopic (exact) mass is 311 g/mol. The fourth-order valence-electron chi connectivity index (χ4n) is 2.11. The fraction of sp³-hybridized carbons (Fsp3) is 0. The van der Waals surface area contributed by atoms with E-state index in [-0.39, 0.29) is 5.56 Å². The van der Waals surface area contributed by atoms with Crippen LogP contribution >= 0.6 is 11.6 Å². The molecule has 0 aliphatic rings. The number of benzene rings is 2. The molecule has 2 N–H and O–H groups in total. The number of H-pyrrole nitrogens is 1. The Labute approximate surface area is 132 Å². The van der Waals surface area contributed by atoms with Crippen molar-refractivity contribution in [3.05, 3.63) is 80.5 Å². The van der Waals surface area contributed by atoms with Crippen LogP contribution in [0.25, 0.3) is 18.5 Å². The first-order chi connectivity index (χ1) is 10.6. The number of para-hydroxylation sites is 1. The Morgan fingerprint density at radius 3 is 2.45 bits per heavy atom. The molecule has 2 aromatic carbocycles. The minimum Gasteiger partial charge on any atom is -0.361 e. The maximum absolute atomic E-state index is 12.5. The molecule has 0 amide bonds. The van der Waals surface area contributed by atoms with Crippen molar-refractivity contribution in [3.8, 4) is 5.69 Å². The SMILES string of the molecule is C=c1[nH]n(-c2ccc(Cl)cc2)c(=O)/c1=C\Nc1ccccc1. The van der Waals surface area contributed by atoms with Crippen LogP contribution in [0.4, 0.5) is 5.69 Å². The smallest absolute Gasteiger partial charge is 0.280 e. The summed E-state index contributed by atoms with van der Waals surface area (Å²) in [5.41, 5.74) is 1.44. The number of nitrogens with one attached hydrogen (secondary N) is 2. The van der Waals surface area contributed by atoms with Gasteiger partial charge in [0.1, 0.15) is 0 Å². The van der Waals surface area contributed by atoms with Crippen LogP contribution in [0.3, 0.4) is 0 Å². The summed E-state index contributed by atoms with van der Waals surface area (Å²) in [7, 11) is 0. The lowest BCUT2D eigenvalue weighted by atomic mass is 10.3. The molecular weight excluding hydrogens is 298 g/mol. The van der Waals surface area contributed by atoms with Crippen molar-refractivity contribution in [1.82, 2.24) is 9.78 Å². The normalized spacial score (nSPS) is 11.6. The minimum atomic E-state index is -0.171. The number of aromatic nitrogens is 2. The van der Waals surface area contributed by atoms with Crippen LogP contribution in [0.5, 0.6) is 0 Å². The van der Waals surface area contributed by atoms with Crippen LogP contribution in [-0.2, 0) is 0 Å². The van der Waals surface area contributed by atoms with E-state index in [1.807, 2.05) is 30.3 Å². The van der Waals surface area contributed by atoms with E-state index < -0.39 is 0 Å². The van der Waals surface area contributed by atoms with Gasteiger partial charge in [-0.2, -0.15) is 0 Å². The Balaban J connectivity index is 2.02. The van der Waals surface area contributed by atoms with Gasteiger partial charge >= 0.3 is 0 Å². The van der Waals surface area contributed by atoms with E-state index in [1.165, 1.54) is 4.68 Å². The third kappa shape index (κ3) is 2.82. The summed E-state index contributed by atoms with van der Waals surface area (Å²) in [5.74, 6) is 0. The molecule has 3 rings (SSSR count). The molecule has 0 fully saturated rings. The molecule has 3 aromatic rings. The van der Waals surface area contributed by atoms with Gasteiger partial charge in [0.15, 0.2) is 0 Å². The zero-order valence-corrected chi connectivity index (χ0v) is 12.5. The van der Waals surface area contributed by atoms with Gasteiger partial charge < -0.3 is 5.32 Å². The van der Waals surface area contributed by atoms with Gasteiger partial charge in [0, 0.05) is 16.9 Å². The number of anilines is 1. The van der Waals surface area contributed by atoms with Gasteiger partial charge in [-0.25, -0.2) is 4.68 Å². The van der Waals surface area contributed by atoms with E-state index in [1.54, 1.807) is 30.5 Å². The number of halogens is 1. The van der Waals surface area contributed by atoms with Crippen molar-refractivity contribution in [2.45, 2.75) is 0 Å².